The van der Waals surface area contributed by atoms with Gasteiger partial charge in [-0.05, 0) is 31.4 Å². The van der Waals surface area contributed by atoms with Gasteiger partial charge in [-0.25, -0.2) is 9.18 Å². The molecule has 1 rings (SSSR count). The maximum absolute atomic E-state index is 12.8. The maximum Gasteiger partial charge on any atom is 0.319 e. The predicted molar refractivity (Wildman–Crippen MR) is 77.4 cm³/mol. The molecule has 3 N–H and O–H groups in total. The van der Waals surface area contributed by atoms with Crippen molar-refractivity contribution < 1.29 is 14.3 Å². The summed E-state index contributed by atoms with van der Waals surface area (Å²) in [6.07, 6.45) is 1.85. The van der Waals surface area contributed by atoms with Crippen LogP contribution in [0.25, 0.3) is 0 Å². The van der Waals surface area contributed by atoms with E-state index in [-0.39, 0.29) is 22.9 Å². The molecule has 0 aromatic heterocycles. The number of benzene rings is 1. The number of carbonyl (C=O) groups excluding carboxylic acids is 1. The van der Waals surface area contributed by atoms with Gasteiger partial charge >= 0.3 is 6.03 Å². The maximum atomic E-state index is 12.8. The van der Waals surface area contributed by atoms with E-state index >= 15 is 0 Å². The van der Waals surface area contributed by atoms with E-state index in [0.29, 0.717) is 5.69 Å². The number of rotatable bonds is 5. The van der Waals surface area contributed by atoms with Crippen LogP contribution in [0.2, 0.25) is 5.02 Å². The smallest absolute Gasteiger partial charge is 0.319 e. The highest BCUT2D eigenvalue weighted by atomic mass is 35.5. The number of aliphatic hydroxyl groups is 1. The molecule has 1 aromatic rings. The van der Waals surface area contributed by atoms with Crippen LogP contribution in [-0.4, -0.2) is 35.3 Å². The normalized spacial score (nSPS) is 13.7. The van der Waals surface area contributed by atoms with Gasteiger partial charge in [0, 0.05) is 11.3 Å². The van der Waals surface area contributed by atoms with E-state index in [9.17, 15) is 9.18 Å². The molecule has 4 nitrogen and oxygen atoms in total. The van der Waals surface area contributed by atoms with Crippen molar-refractivity contribution in [2.24, 2.45) is 0 Å². The summed E-state index contributed by atoms with van der Waals surface area (Å²) in [5.41, 5.74) is 0.331. The summed E-state index contributed by atoms with van der Waals surface area (Å²) < 4.78 is 12.8. The second-order valence-electron chi connectivity index (χ2n) is 3.97. The minimum Gasteiger partial charge on any atom is -0.395 e. The second kappa shape index (κ2) is 7.57. The van der Waals surface area contributed by atoms with Crippen molar-refractivity contribution >= 4 is 35.1 Å². The lowest BCUT2D eigenvalue weighted by Crippen LogP contribution is -2.43. The van der Waals surface area contributed by atoms with Gasteiger partial charge in [0.05, 0.1) is 17.3 Å². The summed E-state index contributed by atoms with van der Waals surface area (Å²) in [6.45, 7) is 1.77. The first kappa shape index (κ1) is 16.1. The van der Waals surface area contributed by atoms with Gasteiger partial charge in [0.25, 0.3) is 0 Å². The molecule has 1 aromatic carbocycles. The minimum absolute atomic E-state index is 0.0279. The molecule has 2 atom stereocenters. The predicted octanol–water partition coefficient (Wildman–Crippen LogP) is 2.71. The van der Waals surface area contributed by atoms with Crippen LogP contribution < -0.4 is 10.6 Å². The summed E-state index contributed by atoms with van der Waals surface area (Å²) in [6, 6.07) is 3.07. The number of amides is 2. The third kappa shape index (κ3) is 4.89. The molecule has 0 saturated carbocycles. The van der Waals surface area contributed by atoms with Crippen LogP contribution in [-0.2, 0) is 0 Å². The average Bonchev–Trinajstić information content (AvgIpc) is 2.34. The number of nitrogens with one attached hydrogen (secondary N) is 2. The van der Waals surface area contributed by atoms with Crippen molar-refractivity contribution in [1.82, 2.24) is 5.32 Å². The molecular formula is C12H16ClFN2O2S. The van der Waals surface area contributed by atoms with Crippen molar-refractivity contribution in [2.75, 3.05) is 18.2 Å². The summed E-state index contributed by atoms with van der Waals surface area (Å²) >= 11 is 7.26. The Morgan fingerprint density at radius 3 is 2.79 bits per heavy atom. The molecule has 0 aliphatic carbocycles. The van der Waals surface area contributed by atoms with Gasteiger partial charge in [-0.3, -0.25) is 0 Å². The Morgan fingerprint density at radius 1 is 1.58 bits per heavy atom. The first-order valence-electron chi connectivity index (χ1n) is 5.64. The zero-order valence-electron chi connectivity index (χ0n) is 10.6. The third-order valence-corrected chi connectivity index (χ3v) is 4.05. The van der Waals surface area contributed by atoms with Crippen molar-refractivity contribution in [1.29, 1.82) is 0 Å². The van der Waals surface area contributed by atoms with E-state index in [1.807, 2.05) is 6.26 Å². The fourth-order valence-corrected chi connectivity index (χ4v) is 2.33. The topological polar surface area (TPSA) is 61.4 Å². The van der Waals surface area contributed by atoms with E-state index < -0.39 is 11.8 Å². The Bertz CT molecular complexity index is 444. The van der Waals surface area contributed by atoms with Gasteiger partial charge in [0.2, 0.25) is 0 Å². The molecule has 19 heavy (non-hydrogen) atoms. The first-order valence-corrected chi connectivity index (χ1v) is 7.30. The van der Waals surface area contributed by atoms with Crippen LogP contribution in [0.3, 0.4) is 0 Å². The Balaban J connectivity index is 2.60. The number of hydrogen-bond acceptors (Lipinski definition) is 3. The second-order valence-corrected chi connectivity index (χ2v) is 5.45. The number of halogens is 2. The Kier molecular flexibility index (Phi) is 6.41. The zero-order valence-corrected chi connectivity index (χ0v) is 12.2. The number of thioether (sulfide) groups is 1. The lowest BCUT2D eigenvalue weighted by atomic mass is 10.2. The summed E-state index contributed by atoms with van der Waals surface area (Å²) in [5.74, 6) is -0.466. The fraction of sp³-hybridized carbons (Fsp3) is 0.417. The van der Waals surface area contributed by atoms with Gasteiger partial charge < -0.3 is 15.7 Å². The number of hydrogen-bond donors (Lipinski definition) is 3. The van der Waals surface area contributed by atoms with Gasteiger partial charge in [0.15, 0.2) is 0 Å². The average molecular weight is 307 g/mol. The molecular weight excluding hydrogens is 291 g/mol. The molecule has 0 saturated heterocycles. The molecule has 2 amide bonds. The molecule has 0 spiro atoms. The van der Waals surface area contributed by atoms with Gasteiger partial charge in [-0.1, -0.05) is 11.6 Å². The fourth-order valence-electron chi connectivity index (χ4n) is 1.49. The molecule has 2 unspecified atom stereocenters. The standard InChI is InChI=1S/C12H16ClFN2O2S/c1-7(11(6-17)19-2)15-12(18)16-10-4-3-8(14)5-9(10)13/h3-5,7,11,17H,6H2,1-2H3,(H2,15,16,18). The van der Waals surface area contributed by atoms with Gasteiger partial charge in [-0.15, -0.1) is 0 Å². The van der Waals surface area contributed by atoms with Crippen LogP contribution in [0, 0.1) is 5.82 Å². The number of carbonyl (C=O) groups is 1. The lowest BCUT2D eigenvalue weighted by Gasteiger charge is -2.21. The van der Waals surface area contributed by atoms with Crippen molar-refractivity contribution in [3.63, 3.8) is 0 Å². The molecule has 106 valence electrons. The van der Waals surface area contributed by atoms with Crippen LogP contribution in [0.15, 0.2) is 18.2 Å². The highest BCUT2D eigenvalue weighted by Gasteiger charge is 2.17. The lowest BCUT2D eigenvalue weighted by molar-refractivity contribution is 0.243. The van der Waals surface area contributed by atoms with E-state index in [0.717, 1.165) is 6.07 Å². The van der Waals surface area contributed by atoms with Crippen LogP contribution in [0.1, 0.15) is 6.92 Å². The van der Waals surface area contributed by atoms with Crippen LogP contribution in [0.5, 0.6) is 0 Å². The SMILES string of the molecule is CSC(CO)C(C)NC(=O)Nc1ccc(F)cc1Cl. The molecule has 0 radical (unpaired) electrons. The van der Waals surface area contributed by atoms with Crippen LogP contribution in [0.4, 0.5) is 14.9 Å². The molecule has 0 aliphatic heterocycles. The number of anilines is 1. The molecule has 0 heterocycles. The van der Waals surface area contributed by atoms with Crippen molar-refractivity contribution in [2.45, 2.75) is 18.2 Å². The number of aliphatic hydroxyl groups excluding tert-OH is 1. The molecule has 0 fully saturated rings. The third-order valence-electron chi connectivity index (χ3n) is 2.58. The van der Waals surface area contributed by atoms with Crippen molar-refractivity contribution in [3.8, 4) is 0 Å². The van der Waals surface area contributed by atoms with E-state index in [4.69, 9.17) is 16.7 Å². The Labute approximate surface area is 120 Å². The summed E-state index contributed by atoms with van der Waals surface area (Å²) in [4.78, 5) is 11.7. The molecule has 0 bridgehead atoms. The van der Waals surface area contributed by atoms with E-state index in [1.165, 1.54) is 23.9 Å². The summed E-state index contributed by atoms with van der Waals surface area (Å²) in [7, 11) is 0. The monoisotopic (exact) mass is 306 g/mol. The Hall–Kier alpha value is -0.980. The van der Waals surface area contributed by atoms with Crippen molar-refractivity contribution in [3.05, 3.63) is 29.0 Å². The highest BCUT2D eigenvalue weighted by molar-refractivity contribution is 7.99. The largest absolute Gasteiger partial charge is 0.395 e. The van der Waals surface area contributed by atoms with Gasteiger partial charge in [-0.2, -0.15) is 11.8 Å². The number of urea groups is 1. The van der Waals surface area contributed by atoms with Crippen LogP contribution >= 0.6 is 23.4 Å². The minimum atomic E-state index is -0.466. The quantitative estimate of drug-likeness (QED) is 0.784. The molecule has 0 aliphatic rings. The highest BCUT2D eigenvalue weighted by Crippen LogP contribution is 2.22. The van der Waals surface area contributed by atoms with E-state index in [1.54, 1.807) is 6.92 Å². The van der Waals surface area contributed by atoms with E-state index in [2.05, 4.69) is 10.6 Å². The Morgan fingerprint density at radius 2 is 2.26 bits per heavy atom. The first-order chi connectivity index (χ1) is 8.97. The molecule has 7 heteroatoms. The van der Waals surface area contributed by atoms with Gasteiger partial charge in [0.1, 0.15) is 5.82 Å². The zero-order chi connectivity index (χ0) is 14.4. The summed E-state index contributed by atoms with van der Waals surface area (Å²) in [5, 5.41) is 14.4.